The Hall–Kier alpha value is -5.33. The molecule has 4 aromatic carbocycles. The Bertz CT molecular complexity index is 2200. The lowest BCUT2D eigenvalue weighted by Crippen LogP contribution is -2.46. The van der Waals surface area contributed by atoms with Gasteiger partial charge in [-0.25, -0.2) is 9.18 Å². The first kappa shape index (κ1) is 31.9. The summed E-state index contributed by atoms with van der Waals surface area (Å²) in [7, 11) is 0. The van der Waals surface area contributed by atoms with E-state index in [9.17, 15) is 9.59 Å². The number of nitrogens with zero attached hydrogens (tertiary/aromatic N) is 2. The summed E-state index contributed by atoms with van der Waals surface area (Å²) in [5, 5.41) is 0. The van der Waals surface area contributed by atoms with E-state index in [1.807, 2.05) is 13.0 Å². The number of esters is 1. The molecule has 0 N–H and O–H groups in total. The maximum absolute atomic E-state index is 16.3. The largest absolute Gasteiger partial charge is 0.462 e. The van der Waals surface area contributed by atoms with Crippen LogP contribution in [-0.2, 0) is 16.8 Å². The molecule has 6 heteroatoms. The van der Waals surface area contributed by atoms with Crippen molar-refractivity contribution in [2.24, 2.45) is 0 Å². The van der Waals surface area contributed by atoms with Gasteiger partial charge < -0.3 is 4.74 Å². The van der Waals surface area contributed by atoms with Crippen LogP contribution in [0.2, 0.25) is 0 Å². The summed E-state index contributed by atoms with van der Waals surface area (Å²) < 4.78 is 22.9. The van der Waals surface area contributed by atoms with Crippen LogP contribution in [0.3, 0.4) is 0 Å². The second-order valence-corrected chi connectivity index (χ2v) is 13.5. The number of carbonyl (C=O) groups excluding carboxylic acids is 1. The van der Waals surface area contributed by atoms with Gasteiger partial charge in [0.1, 0.15) is 11.4 Å². The van der Waals surface area contributed by atoms with Crippen molar-refractivity contribution >= 4 is 11.5 Å². The standard InChI is InChI=1S/C44H39FN2O3/c1-4-50-43(49)38-25-37(30-20-21-30)41-28(2)40(39(45)27-46(41)42(38)48)31-22-23-36-29(3)47(26-32(36)24-31)44(33-14-8-5-9-15-33,34-16-10-6-11-17-34)35-18-12-7-13-19-35/h5-19,22-25,27,29-30H,4,20-21,26H2,1-3H3/t29-/m1/s1. The van der Waals surface area contributed by atoms with E-state index < -0.39 is 22.9 Å². The molecule has 6 aromatic rings. The number of hydrogen-bond donors (Lipinski definition) is 0. The van der Waals surface area contributed by atoms with Crippen LogP contribution in [-0.4, -0.2) is 21.9 Å². The molecule has 8 rings (SSSR count). The topological polar surface area (TPSA) is 51.0 Å². The minimum Gasteiger partial charge on any atom is -0.462 e. The third kappa shape index (κ3) is 5.00. The van der Waals surface area contributed by atoms with Crippen LogP contribution in [0.15, 0.2) is 126 Å². The molecule has 1 aliphatic carbocycles. The van der Waals surface area contributed by atoms with Gasteiger partial charge in [-0.3, -0.25) is 14.1 Å². The molecule has 0 radical (unpaired) electrons. The van der Waals surface area contributed by atoms with E-state index in [4.69, 9.17) is 4.74 Å². The minimum absolute atomic E-state index is 0.0450. The highest BCUT2D eigenvalue weighted by atomic mass is 19.1. The monoisotopic (exact) mass is 662 g/mol. The average molecular weight is 663 g/mol. The van der Waals surface area contributed by atoms with Crippen molar-refractivity contribution in [3.8, 4) is 11.1 Å². The zero-order chi connectivity index (χ0) is 34.6. The maximum Gasteiger partial charge on any atom is 0.343 e. The Morgan fingerprint density at radius 3 is 1.96 bits per heavy atom. The molecule has 0 saturated heterocycles. The van der Waals surface area contributed by atoms with E-state index in [2.05, 4.69) is 115 Å². The van der Waals surface area contributed by atoms with E-state index >= 15 is 4.39 Å². The van der Waals surface area contributed by atoms with Crippen LogP contribution >= 0.6 is 0 Å². The summed E-state index contributed by atoms with van der Waals surface area (Å²) in [5.41, 5.74) is 8.16. The third-order valence-corrected chi connectivity index (χ3v) is 10.7. The Labute approximate surface area is 291 Å². The van der Waals surface area contributed by atoms with Crippen LogP contribution in [0, 0.1) is 12.7 Å². The molecule has 3 heterocycles. The summed E-state index contributed by atoms with van der Waals surface area (Å²) in [6.45, 7) is 6.65. The lowest BCUT2D eigenvalue weighted by molar-refractivity contribution is 0.0524. The van der Waals surface area contributed by atoms with E-state index in [0.29, 0.717) is 23.2 Å². The lowest BCUT2D eigenvalue weighted by Gasteiger charge is -2.46. The Kier molecular flexibility index (Phi) is 7.99. The highest BCUT2D eigenvalue weighted by Gasteiger charge is 2.47. The number of carbonyl (C=O) groups is 1. The molecule has 1 atom stereocenters. The molecule has 1 saturated carbocycles. The van der Waals surface area contributed by atoms with E-state index in [1.165, 1.54) is 32.9 Å². The maximum atomic E-state index is 16.3. The van der Waals surface area contributed by atoms with Gasteiger partial charge in [0.2, 0.25) is 0 Å². The van der Waals surface area contributed by atoms with Crippen LogP contribution in [0.25, 0.3) is 16.6 Å². The van der Waals surface area contributed by atoms with Gasteiger partial charge in [0.05, 0.1) is 17.7 Å². The van der Waals surface area contributed by atoms with Crippen molar-refractivity contribution < 1.29 is 13.9 Å². The summed E-state index contributed by atoms with van der Waals surface area (Å²) in [4.78, 5) is 28.8. The van der Waals surface area contributed by atoms with Crippen LogP contribution in [0.1, 0.15) is 88.0 Å². The van der Waals surface area contributed by atoms with Crippen LogP contribution < -0.4 is 5.56 Å². The second kappa shape index (κ2) is 12.5. The van der Waals surface area contributed by atoms with Crippen LogP contribution in [0.5, 0.6) is 0 Å². The van der Waals surface area contributed by atoms with Gasteiger partial charge in [-0.2, -0.15) is 0 Å². The molecular weight excluding hydrogens is 623 g/mol. The number of aromatic nitrogens is 1. The lowest BCUT2D eigenvalue weighted by atomic mass is 9.75. The first-order valence-electron chi connectivity index (χ1n) is 17.5. The third-order valence-electron chi connectivity index (χ3n) is 10.7. The molecule has 2 aromatic heterocycles. The van der Waals surface area contributed by atoms with E-state index in [0.717, 1.165) is 29.5 Å². The van der Waals surface area contributed by atoms with Crippen molar-refractivity contribution in [1.29, 1.82) is 0 Å². The fourth-order valence-electron chi connectivity index (χ4n) is 8.31. The SMILES string of the molecule is CCOC(=O)c1cc(C2CC2)c2c(C)c(-c3ccc4c(c3)CN(C(c3ccccc3)(c3ccccc3)c3ccccc3)[C@@H]4C)c(F)cn2c1=O. The normalized spacial score (nSPS) is 16.0. The number of rotatable bonds is 8. The number of fused-ring (bicyclic) bond motifs is 2. The minimum atomic E-state index is -0.675. The number of ether oxygens (including phenoxy) is 1. The highest BCUT2D eigenvalue weighted by molar-refractivity contribution is 5.91. The van der Waals surface area contributed by atoms with E-state index in [-0.39, 0.29) is 24.1 Å². The van der Waals surface area contributed by atoms with Crippen molar-refractivity contribution in [3.05, 3.63) is 182 Å². The molecule has 2 aliphatic rings. The molecule has 50 heavy (non-hydrogen) atoms. The summed E-state index contributed by atoms with van der Waals surface area (Å²) in [6.07, 6.45) is 3.17. The number of pyridine rings is 2. The summed E-state index contributed by atoms with van der Waals surface area (Å²) in [6, 6.07) is 40.0. The van der Waals surface area contributed by atoms with Gasteiger partial charge in [0, 0.05) is 24.3 Å². The Morgan fingerprint density at radius 1 is 0.840 bits per heavy atom. The van der Waals surface area contributed by atoms with Gasteiger partial charge in [0.25, 0.3) is 5.56 Å². The summed E-state index contributed by atoms with van der Waals surface area (Å²) >= 11 is 0. The first-order valence-corrected chi connectivity index (χ1v) is 17.5. The zero-order valence-corrected chi connectivity index (χ0v) is 28.5. The first-order chi connectivity index (χ1) is 24.3. The molecule has 0 unspecified atom stereocenters. The van der Waals surface area contributed by atoms with Crippen LogP contribution in [0.4, 0.5) is 4.39 Å². The number of hydrogen-bond acceptors (Lipinski definition) is 4. The molecule has 1 fully saturated rings. The van der Waals surface area contributed by atoms with E-state index in [1.54, 1.807) is 13.0 Å². The van der Waals surface area contributed by atoms with Crippen molar-refractivity contribution in [2.75, 3.05) is 6.61 Å². The van der Waals surface area contributed by atoms with Crippen molar-refractivity contribution in [2.45, 2.75) is 57.7 Å². The second-order valence-electron chi connectivity index (χ2n) is 13.5. The Balaban J connectivity index is 1.28. The van der Waals surface area contributed by atoms with Gasteiger partial charge in [-0.15, -0.1) is 0 Å². The quantitative estimate of drug-likeness (QED) is 0.120. The predicted molar refractivity (Wildman–Crippen MR) is 195 cm³/mol. The van der Waals surface area contributed by atoms with Crippen molar-refractivity contribution in [3.63, 3.8) is 0 Å². The molecule has 0 bridgehead atoms. The molecule has 0 amide bonds. The fourth-order valence-corrected chi connectivity index (χ4v) is 8.31. The summed E-state index contributed by atoms with van der Waals surface area (Å²) in [5.74, 6) is -0.965. The van der Waals surface area contributed by atoms with Crippen molar-refractivity contribution in [1.82, 2.24) is 9.30 Å². The number of aryl methyl sites for hydroxylation is 1. The molecule has 1 aliphatic heterocycles. The molecule has 0 spiro atoms. The average Bonchev–Trinajstić information content (AvgIpc) is 3.94. The fraction of sp³-hybridized carbons (Fsp3) is 0.227. The molecule has 250 valence electrons. The van der Waals surface area contributed by atoms with Gasteiger partial charge in [0.15, 0.2) is 0 Å². The molecular formula is C44H39FN2O3. The highest BCUT2D eigenvalue weighted by Crippen LogP contribution is 2.51. The number of benzene rings is 4. The number of halogens is 1. The van der Waals surface area contributed by atoms with Gasteiger partial charge >= 0.3 is 5.97 Å². The zero-order valence-electron chi connectivity index (χ0n) is 28.5. The Morgan fingerprint density at radius 2 is 1.42 bits per heavy atom. The van der Waals surface area contributed by atoms with Gasteiger partial charge in [-0.05, 0) is 96.2 Å². The predicted octanol–water partition coefficient (Wildman–Crippen LogP) is 9.34. The molecule has 5 nitrogen and oxygen atoms in total. The smallest absolute Gasteiger partial charge is 0.343 e. The van der Waals surface area contributed by atoms with Gasteiger partial charge in [-0.1, -0.05) is 103 Å².